The fourth-order valence-corrected chi connectivity index (χ4v) is 3.55. The molecular formula is C14H22N2OS. The number of aryl methyl sites for hydroxylation is 1. The van der Waals surface area contributed by atoms with Gasteiger partial charge in [0.25, 0.3) is 0 Å². The Balaban J connectivity index is 2.09. The fourth-order valence-electron chi connectivity index (χ4n) is 2.47. The molecule has 0 atom stereocenters. The minimum absolute atomic E-state index is 0.177. The molecule has 1 aromatic heterocycles. The Bertz CT molecular complexity index is 463. The van der Waals surface area contributed by atoms with Gasteiger partial charge in [0.1, 0.15) is 0 Å². The second-order valence-electron chi connectivity index (χ2n) is 5.16. The molecule has 1 aromatic rings. The highest BCUT2D eigenvalue weighted by atomic mass is 32.2. The van der Waals surface area contributed by atoms with Crippen molar-refractivity contribution < 1.29 is 0 Å². The summed E-state index contributed by atoms with van der Waals surface area (Å²) in [5.74, 6) is 2.52. The zero-order valence-corrected chi connectivity index (χ0v) is 12.3. The number of nitrogens with one attached hydrogen (secondary N) is 1. The van der Waals surface area contributed by atoms with Crippen molar-refractivity contribution in [3.8, 4) is 0 Å². The second-order valence-corrected chi connectivity index (χ2v) is 6.39. The lowest BCUT2D eigenvalue weighted by Gasteiger charge is -2.31. The molecule has 1 aliphatic rings. The zero-order valence-electron chi connectivity index (χ0n) is 11.5. The van der Waals surface area contributed by atoms with Gasteiger partial charge in [-0.25, -0.2) is 0 Å². The average Bonchev–Trinajstić information content (AvgIpc) is 2.40. The standard InChI is InChI=1S/C14H22N2OS/c1-10-8-15-13(11(2)14(10)17)9-16(3)12-4-6-18-7-5-12/h8,12H,4-7,9H2,1-3H3,(H,15,17). The van der Waals surface area contributed by atoms with Crippen LogP contribution in [0.3, 0.4) is 0 Å². The second kappa shape index (κ2) is 5.93. The molecule has 0 radical (unpaired) electrons. The molecule has 18 heavy (non-hydrogen) atoms. The Kier molecular flexibility index (Phi) is 4.51. The molecule has 0 aromatic carbocycles. The average molecular weight is 266 g/mol. The summed E-state index contributed by atoms with van der Waals surface area (Å²) in [7, 11) is 2.16. The van der Waals surface area contributed by atoms with E-state index in [0.29, 0.717) is 6.04 Å². The highest BCUT2D eigenvalue weighted by molar-refractivity contribution is 7.99. The Labute approximate surface area is 113 Å². The number of thioether (sulfide) groups is 1. The maximum Gasteiger partial charge on any atom is 0.187 e. The van der Waals surface area contributed by atoms with Crippen LogP contribution in [0.15, 0.2) is 11.0 Å². The van der Waals surface area contributed by atoms with Crippen molar-refractivity contribution in [2.75, 3.05) is 18.6 Å². The predicted octanol–water partition coefficient (Wildman–Crippen LogP) is 2.32. The van der Waals surface area contributed by atoms with Crippen LogP contribution in [0.4, 0.5) is 0 Å². The van der Waals surface area contributed by atoms with Crippen LogP contribution in [0, 0.1) is 13.8 Å². The maximum atomic E-state index is 11.9. The van der Waals surface area contributed by atoms with Gasteiger partial charge in [0, 0.05) is 35.6 Å². The largest absolute Gasteiger partial charge is 0.363 e. The van der Waals surface area contributed by atoms with Crippen molar-refractivity contribution in [3.63, 3.8) is 0 Å². The van der Waals surface area contributed by atoms with Crippen molar-refractivity contribution >= 4 is 11.8 Å². The van der Waals surface area contributed by atoms with Crippen LogP contribution in [0.1, 0.15) is 29.7 Å². The third kappa shape index (κ3) is 2.98. The lowest BCUT2D eigenvalue weighted by Crippen LogP contribution is -2.35. The lowest BCUT2D eigenvalue weighted by atomic mass is 10.1. The molecule has 0 amide bonds. The van der Waals surface area contributed by atoms with E-state index in [9.17, 15) is 4.79 Å². The van der Waals surface area contributed by atoms with E-state index >= 15 is 0 Å². The van der Waals surface area contributed by atoms with Crippen molar-refractivity contribution in [1.82, 2.24) is 9.88 Å². The molecule has 2 heterocycles. The van der Waals surface area contributed by atoms with E-state index in [1.54, 1.807) is 0 Å². The van der Waals surface area contributed by atoms with Gasteiger partial charge in [-0.2, -0.15) is 11.8 Å². The van der Waals surface area contributed by atoms with E-state index in [4.69, 9.17) is 0 Å². The zero-order chi connectivity index (χ0) is 13.1. The maximum absolute atomic E-state index is 11.9. The summed E-state index contributed by atoms with van der Waals surface area (Å²) in [5.41, 5.74) is 2.91. The molecule has 1 aliphatic heterocycles. The molecule has 1 fully saturated rings. The summed E-state index contributed by atoms with van der Waals surface area (Å²) >= 11 is 2.05. The molecule has 2 rings (SSSR count). The smallest absolute Gasteiger partial charge is 0.187 e. The summed E-state index contributed by atoms with van der Waals surface area (Å²) in [6.07, 6.45) is 4.35. The predicted molar refractivity (Wildman–Crippen MR) is 78.4 cm³/mol. The third-order valence-corrected chi connectivity index (χ3v) is 4.88. The van der Waals surface area contributed by atoms with E-state index in [0.717, 1.165) is 23.4 Å². The van der Waals surface area contributed by atoms with Crippen molar-refractivity contribution in [2.45, 2.75) is 39.3 Å². The first-order chi connectivity index (χ1) is 8.59. The Morgan fingerprint density at radius 3 is 2.72 bits per heavy atom. The van der Waals surface area contributed by atoms with E-state index < -0.39 is 0 Å². The van der Waals surface area contributed by atoms with Crippen LogP contribution in [0.5, 0.6) is 0 Å². The topological polar surface area (TPSA) is 36.1 Å². The quantitative estimate of drug-likeness (QED) is 0.912. The first-order valence-electron chi connectivity index (χ1n) is 6.55. The fraction of sp³-hybridized carbons (Fsp3) is 0.643. The van der Waals surface area contributed by atoms with E-state index in [2.05, 4.69) is 16.9 Å². The monoisotopic (exact) mass is 266 g/mol. The number of pyridine rings is 1. The van der Waals surface area contributed by atoms with Gasteiger partial charge in [-0.15, -0.1) is 0 Å². The molecule has 3 nitrogen and oxygen atoms in total. The highest BCUT2D eigenvalue weighted by Gasteiger charge is 2.19. The SMILES string of the molecule is Cc1c[nH]c(CN(C)C2CCSCC2)c(C)c1=O. The van der Waals surface area contributed by atoms with Crippen molar-refractivity contribution in [3.05, 3.63) is 33.2 Å². The van der Waals surface area contributed by atoms with Crippen molar-refractivity contribution in [1.29, 1.82) is 0 Å². The van der Waals surface area contributed by atoms with Gasteiger partial charge < -0.3 is 4.98 Å². The number of hydrogen-bond acceptors (Lipinski definition) is 3. The summed E-state index contributed by atoms with van der Waals surface area (Å²) in [5, 5.41) is 0. The van der Waals surface area contributed by atoms with Gasteiger partial charge >= 0.3 is 0 Å². The van der Waals surface area contributed by atoms with E-state index in [1.165, 1.54) is 24.3 Å². The molecule has 100 valence electrons. The van der Waals surface area contributed by atoms with Gasteiger partial charge in [0.15, 0.2) is 5.43 Å². The summed E-state index contributed by atoms with van der Waals surface area (Å²) < 4.78 is 0. The Morgan fingerprint density at radius 2 is 2.06 bits per heavy atom. The molecule has 0 bridgehead atoms. The van der Waals surface area contributed by atoms with Crippen molar-refractivity contribution in [2.24, 2.45) is 0 Å². The van der Waals surface area contributed by atoms with Crippen LogP contribution < -0.4 is 5.43 Å². The Morgan fingerprint density at radius 1 is 1.39 bits per heavy atom. The molecule has 0 unspecified atom stereocenters. The van der Waals surface area contributed by atoms with Gasteiger partial charge in [0.2, 0.25) is 0 Å². The van der Waals surface area contributed by atoms with Gasteiger partial charge in [-0.05, 0) is 45.2 Å². The number of H-pyrrole nitrogens is 1. The number of aromatic amines is 1. The summed E-state index contributed by atoms with van der Waals surface area (Å²) in [6, 6.07) is 0.662. The van der Waals surface area contributed by atoms with Crippen LogP contribution in [-0.4, -0.2) is 34.5 Å². The van der Waals surface area contributed by atoms with Crippen LogP contribution in [-0.2, 0) is 6.54 Å². The number of rotatable bonds is 3. The number of aromatic nitrogens is 1. The first-order valence-corrected chi connectivity index (χ1v) is 7.71. The summed E-state index contributed by atoms with van der Waals surface area (Å²) in [4.78, 5) is 17.6. The highest BCUT2D eigenvalue weighted by Crippen LogP contribution is 2.22. The number of hydrogen-bond donors (Lipinski definition) is 1. The molecule has 0 aliphatic carbocycles. The lowest BCUT2D eigenvalue weighted by molar-refractivity contribution is 0.218. The van der Waals surface area contributed by atoms with Gasteiger partial charge in [-0.3, -0.25) is 9.69 Å². The van der Waals surface area contributed by atoms with Crippen LogP contribution >= 0.6 is 11.8 Å². The molecule has 0 saturated carbocycles. The minimum Gasteiger partial charge on any atom is -0.363 e. The van der Waals surface area contributed by atoms with Crippen LogP contribution in [0.2, 0.25) is 0 Å². The Hall–Kier alpha value is -0.740. The third-order valence-electron chi connectivity index (χ3n) is 3.84. The summed E-state index contributed by atoms with van der Waals surface area (Å²) in [6.45, 7) is 4.63. The van der Waals surface area contributed by atoms with E-state index in [1.807, 2.05) is 31.8 Å². The molecular weight excluding hydrogens is 244 g/mol. The van der Waals surface area contributed by atoms with Gasteiger partial charge in [-0.1, -0.05) is 0 Å². The van der Waals surface area contributed by atoms with Crippen LogP contribution in [0.25, 0.3) is 0 Å². The molecule has 1 N–H and O–H groups in total. The molecule has 0 spiro atoms. The minimum atomic E-state index is 0.177. The molecule has 4 heteroatoms. The normalized spacial score (nSPS) is 17.3. The number of nitrogens with zero attached hydrogens (tertiary/aromatic N) is 1. The van der Waals surface area contributed by atoms with E-state index in [-0.39, 0.29) is 5.43 Å². The molecule has 1 saturated heterocycles. The van der Waals surface area contributed by atoms with Gasteiger partial charge in [0.05, 0.1) is 0 Å². The first kappa shape index (κ1) is 13.7.